The number of anilines is 1. The molecule has 0 radical (unpaired) electrons. The Morgan fingerprint density at radius 1 is 1.10 bits per heavy atom. The standard InChI is InChI=1S/C18H21NO2/c1-12(2)21-16-9-6-8-15(11-16)18(20)19-17-10-5-7-13(3)14(17)4/h5-12H,1-4H3,(H,19,20). The second kappa shape index (κ2) is 6.44. The van der Waals surface area contributed by atoms with Crippen molar-refractivity contribution in [3.63, 3.8) is 0 Å². The molecule has 0 aliphatic heterocycles. The predicted octanol–water partition coefficient (Wildman–Crippen LogP) is 4.34. The maximum Gasteiger partial charge on any atom is 0.255 e. The first-order valence-electron chi connectivity index (χ1n) is 7.11. The first kappa shape index (κ1) is 15.1. The van der Waals surface area contributed by atoms with Crippen LogP contribution in [0.25, 0.3) is 0 Å². The van der Waals surface area contributed by atoms with Gasteiger partial charge in [0.2, 0.25) is 0 Å². The number of carbonyl (C=O) groups excluding carboxylic acids is 1. The second-order valence-electron chi connectivity index (χ2n) is 5.40. The second-order valence-corrected chi connectivity index (χ2v) is 5.40. The molecule has 0 heterocycles. The molecule has 0 bridgehead atoms. The van der Waals surface area contributed by atoms with Gasteiger partial charge in [-0.1, -0.05) is 18.2 Å². The van der Waals surface area contributed by atoms with E-state index >= 15 is 0 Å². The summed E-state index contributed by atoms with van der Waals surface area (Å²) in [6.07, 6.45) is 0.0855. The van der Waals surface area contributed by atoms with Gasteiger partial charge in [0.05, 0.1) is 6.10 Å². The average molecular weight is 283 g/mol. The van der Waals surface area contributed by atoms with Gasteiger partial charge in [-0.25, -0.2) is 0 Å². The summed E-state index contributed by atoms with van der Waals surface area (Å²) in [6.45, 7) is 7.96. The van der Waals surface area contributed by atoms with Crippen molar-refractivity contribution in [3.05, 3.63) is 59.2 Å². The largest absolute Gasteiger partial charge is 0.491 e. The summed E-state index contributed by atoms with van der Waals surface area (Å²) >= 11 is 0. The Morgan fingerprint density at radius 2 is 1.81 bits per heavy atom. The molecule has 0 saturated heterocycles. The lowest BCUT2D eigenvalue weighted by Gasteiger charge is -2.12. The Bertz CT molecular complexity index is 647. The van der Waals surface area contributed by atoms with Crippen molar-refractivity contribution >= 4 is 11.6 Å². The fourth-order valence-corrected chi connectivity index (χ4v) is 2.06. The number of carbonyl (C=O) groups is 1. The molecule has 2 aromatic carbocycles. The van der Waals surface area contributed by atoms with Gasteiger partial charge < -0.3 is 10.1 Å². The van der Waals surface area contributed by atoms with Crippen LogP contribution in [0.4, 0.5) is 5.69 Å². The van der Waals surface area contributed by atoms with Crippen LogP contribution in [0.15, 0.2) is 42.5 Å². The van der Waals surface area contributed by atoms with Gasteiger partial charge in [-0.05, 0) is 63.1 Å². The van der Waals surface area contributed by atoms with Gasteiger partial charge in [0.25, 0.3) is 5.91 Å². The molecule has 3 heteroatoms. The molecule has 110 valence electrons. The summed E-state index contributed by atoms with van der Waals surface area (Å²) in [5, 5.41) is 2.95. The Morgan fingerprint density at radius 3 is 2.52 bits per heavy atom. The number of amides is 1. The minimum Gasteiger partial charge on any atom is -0.491 e. The van der Waals surface area contributed by atoms with Gasteiger partial charge in [-0.3, -0.25) is 4.79 Å². The highest BCUT2D eigenvalue weighted by molar-refractivity contribution is 6.04. The minimum absolute atomic E-state index is 0.0855. The number of rotatable bonds is 4. The maximum absolute atomic E-state index is 12.3. The lowest BCUT2D eigenvalue weighted by atomic mass is 10.1. The molecule has 2 aromatic rings. The van der Waals surface area contributed by atoms with E-state index in [0.717, 1.165) is 16.8 Å². The van der Waals surface area contributed by atoms with E-state index < -0.39 is 0 Å². The van der Waals surface area contributed by atoms with Crippen LogP contribution < -0.4 is 10.1 Å². The first-order valence-corrected chi connectivity index (χ1v) is 7.11. The van der Waals surface area contributed by atoms with Gasteiger partial charge in [-0.2, -0.15) is 0 Å². The van der Waals surface area contributed by atoms with Crippen LogP contribution in [0.5, 0.6) is 5.75 Å². The monoisotopic (exact) mass is 283 g/mol. The van der Waals surface area contributed by atoms with E-state index in [2.05, 4.69) is 5.32 Å². The van der Waals surface area contributed by atoms with Gasteiger partial charge in [0.1, 0.15) is 5.75 Å². The molecular formula is C18H21NO2. The Balaban J connectivity index is 2.18. The molecule has 0 spiro atoms. The molecule has 1 N–H and O–H groups in total. The Labute approximate surface area is 126 Å². The van der Waals surface area contributed by atoms with Crippen molar-refractivity contribution in [2.24, 2.45) is 0 Å². The lowest BCUT2D eigenvalue weighted by molar-refractivity contribution is 0.102. The normalized spacial score (nSPS) is 10.5. The zero-order valence-corrected chi connectivity index (χ0v) is 12.9. The van der Waals surface area contributed by atoms with E-state index in [1.165, 1.54) is 0 Å². The highest BCUT2D eigenvalue weighted by Crippen LogP contribution is 2.20. The van der Waals surface area contributed by atoms with Crippen molar-refractivity contribution < 1.29 is 9.53 Å². The van der Waals surface area contributed by atoms with E-state index in [9.17, 15) is 4.79 Å². The summed E-state index contributed by atoms with van der Waals surface area (Å²) in [7, 11) is 0. The highest BCUT2D eigenvalue weighted by atomic mass is 16.5. The summed E-state index contributed by atoms with van der Waals surface area (Å²) < 4.78 is 5.62. The molecule has 0 aromatic heterocycles. The van der Waals surface area contributed by atoms with Crippen molar-refractivity contribution in [3.8, 4) is 5.75 Å². The zero-order chi connectivity index (χ0) is 15.4. The summed E-state index contributed by atoms with van der Waals surface area (Å²) in [5.74, 6) is 0.580. The van der Waals surface area contributed by atoms with E-state index in [1.807, 2.05) is 58.0 Å². The van der Waals surface area contributed by atoms with Crippen LogP contribution in [-0.4, -0.2) is 12.0 Å². The predicted molar refractivity (Wildman–Crippen MR) is 86.1 cm³/mol. The fourth-order valence-electron chi connectivity index (χ4n) is 2.06. The maximum atomic E-state index is 12.3. The van der Waals surface area contributed by atoms with E-state index in [-0.39, 0.29) is 12.0 Å². The summed E-state index contributed by atoms with van der Waals surface area (Å²) in [4.78, 5) is 12.3. The molecule has 3 nitrogen and oxygen atoms in total. The highest BCUT2D eigenvalue weighted by Gasteiger charge is 2.10. The van der Waals surface area contributed by atoms with Crippen LogP contribution in [-0.2, 0) is 0 Å². The SMILES string of the molecule is Cc1cccc(NC(=O)c2cccc(OC(C)C)c2)c1C. The number of ether oxygens (including phenoxy) is 1. The Kier molecular flexibility index (Phi) is 4.63. The molecule has 0 unspecified atom stereocenters. The molecule has 0 fully saturated rings. The molecule has 0 aliphatic carbocycles. The average Bonchev–Trinajstić information content (AvgIpc) is 2.43. The van der Waals surface area contributed by atoms with Crippen LogP contribution in [0.2, 0.25) is 0 Å². The van der Waals surface area contributed by atoms with E-state index in [1.54, 1.807) is 12.1 Å². The van der Waals surface area contributed by atoms with Crippen LogP contribution in [0.1, 0.15) is 35.3 Å². The quantitative estimate of drug-likeness (QED) is 0.906. The van der Waals surface area contributed by atoms with Crippen molar-refractivity contribution in [2.75, 3.05) is 5.32 Å². The number of benzene rings is 2. The summed E-state index contributed by atoms with van der Waals surface area (Å²) in [6, 6.07) is 13.1. The molecule has 21 heavy (non-hydrogen) atoms. The van der Waals surface area contributed by atoms with Crippen molar-refractivity contribution in [1.29, 1.82) is 0 Å². The van der Waals surface area contributed by atoms with Crippen molar-refractivity contribution in [2.45, 2.75) is 33.8 Å². The van der Waals surface area contributed by atoms with Crippen LogP contribution in [0.3, 0.4) is 0 Å². The third kappa shape index (κ3) is 3.85. The zero-order valence-electron chi connectivity index (χ0n) is 12.9. The molecule has 1 amide bonds. The van der Waals surface area contributed by atoms with Gasteiger partial charge in [-0.15, -0.1) is 0 Å². The molecule has 0 aliphatic rings. The number of hydrogen-bond donors (Lipinski definition) is 1. The number of hydrogen-bond acceptors (Lipinski definition) is 2. The van der Waals surface area contributed by atoms with Gasteiger partial charge in [0.15, 0.2) is 0 Å². The number of aryl methyl sites for hydroxylation is 1. The third-order valence-electron chi connectivity index (χ3n) is 3.32. The third-order valence-corrected chi connectivity index (χ3v) is 3.32. The van der Waals surface area contributed by atoms with Gasteiger partial charge in [0, 0.05) is 11.3 Å². The van der Waals surface area contributed by atoms with E-state index in [0.29, 0.717) is 11.3 Å². The van der Waals surface area contributed by atoms with Crippen molar-refractivity contribution in [1.82, 2.24) is 0 Å². The van der Waals surface area contributed by atoms with Gasteiger partial charge >= 0.3 is 0 Å². The van der Waals surface area contributed by atoms with Crippen LogP contribution >= 0.6 is 0 Å². The molecule has 0 atom stereocenters. The first-order chi connectivity index (χ1) is 9.97. The summed E-state index contributed by atoms with van der Waals surface area (Å²) in [5.41, 5.74) is 3.68. The molecule has 2 rings (SSSR count). The topological polar surface area (TPSA) is 38.3 Å². The molecule has 0 saturated carbocycles. The number of nitrogens with one attached hydrogen (secondary N) is 1. The smallest absolute Gasteiger partial charge is 0.255 e. The molecular weight excluding hydrogens is 262 g/mol. The van der Waals surface area contributed by atoms with Crippen LogP contribution in [0, 0.1) is 13.8 Å². The minimum atomic E-state index is -0.127. The Hall–Kier alpha value is -2.29. The lowest BCUT2D eigenvalue weighted by Crippen LogP contribution is -2.13. The fraction of sp³-hybridized carbons (Fsp3) is 0.278. The van der Waals surface area contributed by atoms with E-state index in [4.69, 9.17) is 4.74 Å².